The lowest BCUT2D eigenvalue weighted by Gasteiger charge is -2.05. The molecule has 1 aromatic heterocycles. The van der Waals surface area contributed by atoms with E-state index < -0.39 is 0 Å². The molecule has 0 aliphatic heterocycles. The molecular formula is C18H23NO2. The second kappa shape index (κ2) is 7.23. The average molecular weight is 285 g/mol. The Morgan fingerprint density at radius 2 is 1.90 bits per heavy atom. The lowest BCUT2D eigenvalue weighted by atomic mass is 10.1. The molecule has 0 aliphatic carbocycles. The molecule has 0 atom stereocenters. The quantitative estimate of drug-likeness (QED) is 0.576. The van der Waals surface area contributed by atoms with Crippen molar-refractivity contribution in [1.29, 1.82) is 0 Å². The SMILES string of the molecule is Cc1cc(C(=O)COCCCc2ccccc2)c(C)n1C. The number of ether oxygens (including phenoxy) is 1. The molecule has 0 unspecified atom stereocenters. The van der Waals surface area contributed by atoms with Crippen molar-refractivity contribution in [2.45, 2.75) is 26.7 Å². The zero-order valence-electron chi connectivity index (χ0n) is 13.1. The number of carbonyl (C=O) groups is 1. The molecule has 21 heavy (non-hydrogen) atoms. The van der Waals surface area contributed by atoms with E-state index in [-0.39, 0.29) is 12.4 Å². The molecule has 3 nitrogen and oxygen atoms in total. The highest BCUT2D eigenvalue weighted by Gasteiger charge is 2.13. The van der Waals surface area contributed by atoms with Crippen LogP contribution in [0.2, 0.25) is 0 Å². The molecule has 3 heteroatoms. The summed E-state index contributed by atoms with van der Waals surface area (Å²) in [5.41, 5.74) is 4.19. The van der Waals surface area contributed by atoms with Crippen molar-refractivity contribution in [3.63, 3.8) is 0 Å². The van der Waals surface area contributed by atoms with Crippen LogP contribution in [0.3, 0.4) is 0 Å². The minimum Gasteiger partial charge on any atom is -0.373 e. The summed E-state index contributed by atoms with van der Waals surface area (Å²) in [6, 6.07) is 12.3. The third kappa shape index (κ3) is 4.05. The second-order valence-electron chi connectivity index (χ2n) is 5.41. The maximum Gasteiger partial charge on any atom is 0.190 e. The van der Waals surface area contributed by atoms with E-state index in [0.29, 0.717) is 6.61 Å². The molecule has 0 spiro atoms. The van der Waals surface area contributed by atoms with E-state index in [1.165, 1.54) is 5.56 Å². The molecule has 0 saturated carbocycles. The van der Waals surface area contributed by atoms with Crippen LogP contribution < -0.4 is 0 Å². The van der Waals surface area contributed by atoms with Crippen LogP contribution in [0.4, 0.5) is 0 Å². The Bertz CT molecular complexity index is 599. The van der Waals surface area contributed by atoms with E-state index >= 15 is 0 Å². The maximum atomic E-state index is 12.1. The van der Waals surface area contributed by atoms with Gasteiger partial charge >= 0.3 is 0 Å². The number of Topliss-reactive ketones (excluding diaryl/α,β-unsaturated/α-hetero) is 1. The van der Waals surface area contributed by atoms with Crippen molar-refractivity contribution >= 4 is 5.78 Å². The number of benzene rings is 1. The highest BCUT2D eigenvalue weighted by Crippen LogP contribution is 2.14. The number of hydrogen-bond acceptors (Lipinski definition) is 2. The lowest BCUT2D eigenvalue weighted by molar-refractivity contribution is 0.0755. The van der Waals surface area contributed by atoms with Gasteiger partial charge < -0.3 is 9.30 Å². The molecule has 0 bridgehead atoms. The van der Waals surface area contributed by atoms with Crippen molar-refractivity contribution in [3.8, 4) is 0 Å². The minimum absolute atomic E-state index is 0.0657. The third-order valence-electron chi connectivity index (χ3n) is 3.91. The molecule has 2 rings (SSSR count). The van der Waals surface area contributed by atoms with Gasteiger partial charge in [0.15, 0.2) is 5.78 Å². The minimum atomic E-state index is 0.0657. The zero-order chi connectivity index (χ0) is 15.2. The predicted octanol–water partition coefficient (Wildman–Crippen LogP) is 3.47. The molecule has 0 amide bonds. The van der Waals surface area contributed by atoms with Gasteiger partial charge in [0.25, 0.3) is 0 Å². The van der Waals surface area contributed by atoms with Gasteiger partial charge in [-0.3, -0.25) is 4.79 Å². The molecule has 112 valence electrons. The number of hydrogen-bond donors (Lipinski definition) is 0. The van der Waals surface area contributed by atoms with Gasteiger partial charge in [-0.1, -0.05) is 30.3 Å². The Kier molecular flexibility index (Phi) is 5.34. The molecule has 1 heterocycles. The van der Waals surface area contributed by atoms with Crippen molar-refractivity contribution < 1.29 is 9.53 Å². The standard InChI is InChI=1S/C18H23NO2/c1-14-12-17(15(2)19(14)3)18(20)13-21-11-7-10-16-8-5-4-6-9-16/h4-6,8-9,12H,7,10-11,13H2,1-3H3. The summed E-state index contributed by atoms with van der Waals surface area (Å²) in [5.74, 6) is 0.0657. The molecule has 1 aromatic carbocycles. The van der Waals surface area contributed by atoms with Crippen LogP contribution in [0, 0.1) is 13.8 Å². The monoisotopic (exact) mass is 285 g/mol. The predicted molar refractivity (Wildman–Crippen MR) is 84.8 cm³/mol. The zero-order valence-corrected chi connectivity index (χ0v) is 13.1. The molecule has 0 saturated heterocycles. The summed E-state index contributed by atoms with van der Waals surface area (Å²) in [4.78, 5) is 12.1. The summed E-state index contributed by atoms with van der Waals surface area (Å²) in [6.07, 6.45) is 1.92. The van der Waals surface area contributed by atoms with Crippen LogP contribution in [0.1, 0.15) is 33.7 Å². The first kappa shape index (κ1) is 15.5. The average Bonchev–Trinajstić information content (AvgIpc) is 2.75. The van der Waals surface area contributed by atoms with Crippen LogP contribution in [0.5, 0.6) is 0 Å². The van der Waals surface area contributed by atoms with Gasteiger partial charge in [0.2, 0.25) is 0 Å². The number of ketones is 1. The maximum absolute atomic E-state index is 12.1. The van der Waals surface area contributed by atoms with Crippen molar-refractivity contribution in [2.24, 2.45) is 7.05 Å². The topological polar surface area (TPSA) is 31.2 Å². The highest BCUT2D eigenvalue weighted by atomic mass is 16.5. The van der Waals surface area contributed by atoms with Crippen LogP contribution in [0.25, 0.3) is 0 Å². The fourth-order valence-corrected chi connectivity index (χ4v) is 2.40. The normalized spacial score (nSPS) is 10.8. The number of aromatic nitrogens is 1. The van der Waals surface area contributed by atoms with Gasteiger partial charge in [-0.05, 0) is 38.3 Å². The van der Waals surface area contributed by atoms with Crippen molar-refractivity contribution in [3.05, 3.63) is 58.9 Å². The van der Waals surface area contributed by atoms with Crippen LogP contribution >= 0.6 is 0 Å². The van der Waals surface area contributed by atoms with E-state index in [1.54, 1.807) is 0 Å². The smallest absolute Gasteiger partial charge is 0.190 e. The fraction of sp³-hybridized carbons (Fsp3) is 0.389. The molecule has 2 aromatic rings. The first-order valence-electron chi connectivity index (χ1n) is 7.37. The van der Waals surface area contributed by atoms with Crippen molar-refractivity contribution in [2.75, 3.05) is 13.2 Å². The van der Waals surface area contributed by atoms with Gasteiger partial charge in [-0.25, -0.2) is 0 Å². The number of rotatable bonds is 7. The highest BCUT2D eigenvalue weighted by molar-refractivity contribution is 5.98. The van der Waals surface area contributed by atoms with Crippen LogP contribution in [-0.4, -0.2) is 23.6 Å². The van der Waals surface area contributed by atoms with Crippen LogP contribution in [-0.2, 0) is 18.2 Å². The molecule has 0 radical (unpaired) electrons. The Hall–Kier alpha value is -1.87. The van der Waals surface area contributed by atoms with E-state index in [4.69, 9.17) is 4.74 Å². The molecular weight excluding hydrogens is 262 g/mol. The third-order valence-corrected chi connectivity index (χ3v) is 3.91. The second-order valence-corrected chi connectivity index (χ2v) is 5.41. The molecule has 0 fully saturated rings. The summed E-state index contributed by atoms with van der Waals surface area (Å²) in [7, 11) is 1.97. The largest absolute Gasteiger partial charge is 0.373 e. The fourth-order valence-electron chi connectivity index (χ4n) is 2.40. The first-order chi connectivity index (χ1) is 10.1. The van der Waals surface area contributed by atoms with Gasteiger partial charge in [0, 0.05) is 30.6 Å². The van der Waals surface area contributed by atoms with E-state index in [0.717, 1.165) is 29.8 Å². The first-order valence-corrected chi connectivity index (χ1v) is 7.37. The molecule has 0 aliphatic rings. The Morgan fingerprint density at radius 1 is 1.19 bits per heavy atom. The van der Waals surface area contributed by atoms with E-state index in [2.05, 4.69) is 12.1 Å². The summed E-state index contributed by atoms with van der Waals surface area (Å²) in [6.45, 7) is 4.75. The Labute approximate surface area is 126 Å². The van der Waals surface area contributed by atoms with Crippen molar-refractivity contribution in [1.82, 2.24) is 4.57 Å². The van der Waals surface area contributed by atoms with E-state index in [1.807, 2.05) is 49.7 Å². The number of nitrogens with zero attached hydrogens (tertiary/aromatic N) is 1. The number of carbonyl (C=O) groups excluding carboxylic acids is 1. The summed E-state index contributed by atoms with van der Waals surface area (Å²) in [5, 5.41) is 0. The Morgan fingerprint density at radius 3 is 2.52 bits per heavy atom. The summed E-state index contributed by atoms with van der Waals surface area (Å²) >= 11 is 0. The number of aryl methyl sites for hydroxylation is 2. The van der Waals surface area contributed by atoms with E-state index in [9.17, 15) is 4.79 Å². The van der Waals surface area contributed by atoms with Gasteiger partial charge in [0.05, 0.1) is 0 Å². The Balaban J connectivity index is 1.73. The van der Waals surface area contributed by atoms with Gasteiger partial charge in [-0.15, -0.1) is 0 Å². The summed E-state index contributed by atoms with van der Waals surface area (Å²) < 4.78 is 7.55. The van der Waals surface area contributed by atoms with Gasteiger partial charge in [-0.2, -0.15) is 0 Å². The van der Waals surface area contributed by atoms with Crippen LogP contribution in [0.15, 0.2) is 36.4 Å². The van der Waals surface area contributed by atoms with Gasteiger partial charge in [0.1, 0.15) is 6.61 Å². The lowest BCUT2D eigenvalue weighted by Crippen LogP contribution is -2.11. The molecule has 0 N–H and O–H groups in total.